The molecule has 33 heavy (non-hydrogen) atoms. The average Bonchev–Trinajstić information content (AvgIpc) is 3.50. The lowest BCUT2D eigenvalue weighted by molar-refractivity contribution is 0.312. The number of likely N-dealkylation sites (N-methyl/N-ethyl adjacent to an activating group) is 1. The molecule has 5 aromatic rings. The third kappa shape index (κ3) is 3.85. The highest BCUT2D eigenvalue weighted by atomic mass is 15.3. The molecule has 1 saturated heterocycles. The van der Waals surface area contributed by atoms with Crippen LogP contribution in [-0.2, 0) is 6.54 Å². The number of hydrogen-bond acceptors (Lipinski definition) is 8. The molecule has 6 heterocycles. The van der Waals surface area contributed by atoms with Crippen molar-refractivity contribution >= 4 is 28.4 Å². The smallest absolute Gasteiger partial charge is 0.224 e. The highest BCUT2D eigenvalue weighted by Gasteiger charge is 2.15. The summed E-state index contributed by atoms with van der Waals surface area (Å²) < 4.78 is 1.74. The topological polar surface area (TPSA) is 103 Å². The van der Waals surface area contributed by atoms with Gasteiger partial charge in [0.05, 0.1) is 11.9 Å². The molecule has 0 aliphatic carbocycles. The lowest BCUT2D eigenvalue weighted by Crippen LogP contribution is -2.44. The van der Waals surface area contributed by atoms with E-state index in [1.807, 2.05) is 36.9 Å². The summed E-state index contributed by atoms with van der Waals surface area (Å²) in [6, 6.07) is 8.02. The molecule has 1 aliphatic heterocycles. The zero-order valence-electron chi connectivity index (χ0n) is 18.3. The number of nitrogens with one attached hydrogen (secondary N) is 2. The van der Waals surface area contributed by atoms with Crippen molar-refractivity contribution in [2.24, 2.45) is 0 Å². The number of aromatic nitrogens is 7. The van der Waals surface area contributed by atoms with E-state index in [1.165, 1.54) is 0 Å². The second kappa shape index (κ2) is 8.14. The highest BCUT2D eigenvalue weighted by Crippen LogP contribution is 2.26. The molecule has 0 saturated carbocycles. The molecule has 2 N–H and O–H groups in total. The quantitative estimate of drug-likeness (QED) is 0.430. The van der Waals surface area contributed by atoms with Gasteiger partial charge in [0.2, 0.25) is 5.95 Å². The molecule has 0 radical (unpaired) electrons. The Morgan fingerprint density at radius 3 is 2.76 bits per heavy atom. The van der Waals surface area contributed by atoms with E-state index < -0.39 is 0 Å². The minimum Gasteiger partial charge on any atom is -0.354 e. The molecular formula is C23H24N10. The molecule has 0 unspecified atom stereocenters. The van der Waals surface area contributed by atoms with Crippen molar-refractivity contribution in [3.8, 4) is 11.3 Å². The Kier molecular flexibility index (Phi) is 4.84. The van der Waals surface area contributed by atoms with Crippen LogP contribution in [0.5, 0.6) is 0 Å². The number of nitrogens with zero attached hydrogens (tertiary/aromatic N) is 8. The van der Waals surface area contributed by atoms with Gasteiger partial charge in [-0.2, -0.15) is 10.1 Å². The first-order valence-corrected chi connectivity index (χ1v) is 11.0. The monoisotopic (exact) mass is 440 g/mol. The summed E-state index contributed by atoms with van der Waals surface area (Å²) in [5, 5.41) is 8.42. The minimum absolute atomic E-state index is 0.568. The van der Waals surface area contributed by atoms with Crippen molar-refractivity contribution in [3.63, 3.8) is 0 Å². The lowest BCUT2D eigenvalue weighted by Gasteiger charge is -2.33. The van der Waals surface area contributed by atoms with Gasteiger partial charge in [0.15, 0.2) is 5.65 Å². The number of anilines is 2. The van der Waals surface area contributed by atoms with Crippen molar-refractivity contribution in [1.82, 2.24) is 39.4 Å². The number of aromatic amines is 1. The molecular weight excluding hydrogens is 416 g/mol. The summed E-state index contributed by atoms with van der Waals surface area (Å²) in [6.45, 7) is 4.77. The molecule has 0 aromatic carbocycles. The van der Waals surface area contributed by atoms with Crippen molar-refractivity contribution in [2.75, 3.05) is 43.4 Å². The number of fused-ring (bicyclic) bond motifs is 2. The van der Waals surface area contributed by atoms with Crippen LogP contribution in [0, 0.1) is 0 Å². The summed E-state index contributed by atoms with van der Waals surface area (Å²) >= 11 is 0. The Hall–Kier alpha value is -4.05. The van der Waals surface area contributed by atoms with Crippen molar-refractivity contribution in [2.45, 2.75) is 6.54 Å². The Morgan fingerprint density at radius 2 is 1.91 bits per heavy atom. The number of piperazine rings is 1. The average molecular weight is 441 g/mol. The summed E-state index contributed by atoms with van der Waals surface area (Å²) in [7, 11) is 2.16. The van der Waals surface area contributed by atoms with Crippen molar-refractivity contribution < 1.29 is 0 Å². The predicted octanol–water partition coefficient (Wildman–Crippen LogP) is 2.43. The van der Waals surface area contributed by atoms with Crippen LogP contribution in [0.15, 0.2) is 55.2 Å². The molecule has 1 fully saturated rings. The molecule has 0 spiro atoms. The van der Waals surface area contributed by atoms with Crippen LogP contribution in [0.2, 0.25) is 0 Å². The van der Waals surface area contributed by atoms with E-state index in [-0.39, 0.29) is 0 Å². The SMILES string of the molecule is CN1CCN(c2ccc(CNc3ncc4c(-c5ccn6nccc6n5)c[nH]c4n3)cn2)CC1. The van der Waals surface area contributed by atoms with Crippen LogP contribution in [0.1, 0.15) is 5.56 Å². The molecule has 0 atom stereocenters. The molecule has 10 nitrogen and oxygen atoms in total. The van der Waals surface area contributed by atoms with Gasteiger partial charge >= 0.3 is 0 Å². The van der Waals surface area contributed by atoms with Gasteiger partial charge in [0.1, 0.15) is 11.5 Å². The fraction of sp³-hybridized carbons (Fsp3) is 0.261. The van der Waals surface area contributed by atoms with Gasteiger partial charge in [-0.05, 0) is 24.7 Å². The standard InChI is InChI=1S/C23H24N10/c1-31-8-10-32(11-9-31)20-3-2-16(12-24-20)13-26-23-27-15-18-17(14-25-22(18)30-23)19-5-7-33-21(29-19)4-6-28-33/h2-7,12,14-15H,8-11,13H2,1H3,(H2,25,26,27,30). The number of rotatable bonds is 5. The van der Waals surface area contributed by atoms with Gasteiger partial charge in [-0.3, -0.25) is 0 Å². The predicted molar refractivity (Wildman–Crippen MR) is 127 cm³/mol. The lowest BCUT2D eigenvalue weighted by atomic mass is 10.2. The normalized spacial score (nSPS) is 14.9. The van der Waals surface area contributed by atoms with Gasteiger partial charge < -0.3 is 20.1 Å². The molecule has 5 aromatic heterocycles. The molecule has 0 amide bonds. The summed E-state index contributed by atoms with van der Waals surface area (Å²) in [4.78, 5) is 26.4. The summed E-state index contributed by atoms with van der Waals surface area (Å²) in [5.74, 6) is 1.60. The van der Waals surface area contributed by atoms with E-state index in [1.54, 1.807) is 10.7 Å². The first-order chi connectivity index (χ1) is 16.2. The fourth-order valence-corrected chi connectivity index (χ4v) is 4.09. The van der Waals surface area contributed by atoms with Gasteiger partial charge in [-0.25, -0.2) is 19.5 Å². The van der Waals surface area contributed by atoms with Gasteiger partial charge in [-0.1, -0.05) is 6.07 Å². The fourth-order valence-electron chi connectivity index (χ4n) is 4.09. The Balaban J connectivity index is 1.15. The zero-order valence-corrected chi connectivity index (χ0v) is 18.3. The van der Waals surface area contributed by atoms with Crippen LogP contribution in [0.4, 0.5) is 11.8 Å². The minimum atomic E-state index is 0.568. The zero-order chi connectivity index (χ0) is 22.2. The van der Waals surface area contributed by atoms with Crippen LogP contribution in [0.3, 0.4) is 0 Å². The van der Waals surface area contributed by atoms with Gasteiger partial charge in [-0.15, -0.1) is 0 Å². The largest absolute Gasteiger partial charge is 0.354 e. The first kappa shape index (κ1) is 19.6. The second-order valence-corrected chi connectivity index (χ2v) is 8.27. The maximum Gasteiger partial charge on any atom is 0.224 e. The number of H-pyrrole nitrogens is 1. The maximum absolute atomic E-state index is 4.67. The first-order valence-electron chi connectivity index (χ1n) is 11.0. The van der Waals surface area contributed by atoms with E-state index in [0.29, 0.717) is 12.5 Å². The second-order valence-electron chi connectivity index (χ2n) is 8.27. The van der Waals surface area contributed by atoms with E-state index >= 15 is 0 Å². The number of hydrogen-bond donors (Lipinski definition) is 2. The Morgan fingerprint density at radius 1 is 1.00 bits per heavy atom. The Labute approximate surface area is 190 Å². The van der Waals surface area contributed by atoms with Crippen LogP contribution in [-0.4, -0.2) is 72.7 Å². The van der Waals surface area contributed by atoms with E-state index in [9.17, 15) is 0 Å². The number of pyridine rings is 1. The van der Waals surface area contributed by atoms with E-state index in [4.69, 9.17) is 0 Å². The van der Waals surface area contributed by atoms with E-state index in [2.05, 4.69) is 64.3 Å². The van der Waals surface area contributed by atoms with Crippen LogP contribution < -0.4 is 10.2 Å². The van der Waals surface area contributed by atoms with Crippen LogP contribution in [0.25, 0.3) is 27.9 Å². The van der Waals surface area contributed by atoms with Gasteiger partial charge in [0.25, 0.3) is 0 Å². The molecule has 6 rings (SSSR count). The molecule has 166 valence electrons. The van der Waals surface area contributed by atoms with Gasteiger partial charge in [0, 0.05) is 74.5 Å². The molecule has 0 bridgehead atoms. The highest BCUT2D eigenvalue weighted by molar-refractivity contribution is 5.92. The van der Waals surface area contributed by atoms with Crippen LogP contribution >= 0.6 is 0 Å². The third-order valence-corrected chi connectivity index (χ3v) is 6.05. The Bertz CT molecular complexity index is 1400. The van der Waals surface area contributed by atoms with E-state index in [0.717, 1.165) is 65.5 Å². The molecule has 1 aliphatic rings. The summed E-state index contributed by atoms with van der Waals surface area (Å²) in [6.07, 6.45) is 9.30. The van der Waals surface area contributed by atoms with Crippen molar-refractivity contribution in [3.05, 3.63) is 60.8 Å². The third-order valence-electron chi connectivity index (χ3n) is 6.05. The molecule has 10 heteroatoms. The van der Waals surface area contributed by atoms with Crippen molar-refractivity contribution in [1.29, 1.82) is 0 Å². The summed E-state index contributed by atoms with van der Waals surface area (Å²) in [5.41, 5.74) is 4.46. The maximum atomic E-state index is 4.67.